The molecule has 0 saturated carbocycles. The fourth-order valence-corrected chi connectivity index (χ4v) is 2.34. The first-order valence-electron chi connectivity index (χ1n) is 7.03. The fourth-order valence-electron chi connectivity index (χ4n) is 2.34. The predicted molar refractivity (Wildman–Crippen MR) is 77.3 cm³/mol. The molecule has 1 N–H and O–H groups in total. The number of anilines is 1. The van der Waals surface area contributed by atoms with Gasteiger partial charge in [-0.1, -0.05) is 13.8 Å². The third-order valence-electron chi connectivity index (χ3n) is 3.50. The van der Waals surface area contributed by atoms with E-state index in [4.69, 9.17) is 5.26 Å². The van der Waals surface area contributed by atoms with Gasteiger partial charge in [0.1, 0.15) is 11.9 Å². The molecule has 1 aliphatic rings. The number of halogens is 1. The number of nitriles is 1. The summed E-state index contributed by atoms with van der Waals surface area (Å²) >= 11 is 0. The van der Waals surface area contributed by atoms with Crippen LogP contribution < -0.4 is 5.32 Å². The van der Waals surface area contributed by atoms with E-state index in [0.717, 1.165) is 6.42 Å². The number of hydrogen-bond acceptors (Lipinski definition) is 4. The minimum absolute atomic E-state index is 0.0451. The minimum Gasteiger partial charge on any atom is -0.373 e. The van der Waals surface area contributed by atoms with Crippen LogP contribution in [0.1, 0.15) is 20.3 Å². The Morgan fingerprint density at radius 2 is 2.00 bits per heavy atom. The largest absolute Gasteiger partial charge is 0.373 e. The standard InChI is InChI=1S/C15H19FN4O/c1-11(2)14(18-13-6-4-12(16)5-7-13)15(21)20-9-3-8-19(20)10-17/h4-7,11,14,18H,3,8-9H2,1-2H3. The van der Waals surface area contributed by atoms with Gasteiger partial charge in [0.05, 0.1) is 6.54 Å². The Hall–Kier alpha value is -2.29. The Labute approximate surface area is 123 Å². The molecule has 0 spiro atoms. The average Bonchev–Trinajstić information content (AvgIpc) is 2.94. The van der Waals surface area contributed by atoms with Crippen molar-refractivity contribution in [3.05, 3.63) is 30.1 Å². The lowest BCUT2D eigenvalue weighted by Crippen LogP contribution is -2.48. The zero-order chi connectivity index (χ0) is 15.4. The monoisotopic (exact) mass is 290 g/mol. The van der Waals surface area contributed by atoms with E-state index in [1.807, 2.05) is 20.0 Å². The summed E-state index contributed by atoms with van der Waals surface area (Å²) in [6.45, 7) is 5.00. The summed E-state index contributed by atoms with van der Waals surface area (Å²) in [6.07, 6.45) is 2.81. The molecule has 5 nitrogen and oxygen atoms in total. The van der Waals surface area contributed by atoms with Gasteiger partial charge >= 0.3 is 0 Å². The molecule has 1 aliphatic heterocycles. The molecule has 21 heavy (non-hydrogen) atoms. The van der Waals surface area contributed by atoms with Gasteiger partial charge < -0.3 is 5.32 Å². The summed E-state index contributed by atoms with van der Waals surface area (Å²) in [5, 5.41) is 15.1. The lowest BCUT2D eigenvalue weighted by Gasteiger charge is -2.30. The van der Waals surface area contributed by atoms with Crippen molar-refractivity contribution < 1.29 is 9.18 Å². The minimum atomic E-state index is -0.454. The molecule has 2 rings (SSSR count). The first-order valence-corrected chi connectivity index (χ1v) is 7.03. The van der Waals surface area contributed by atoms with E-state index in [9.17, 15) is 9.18 Å². The number of carbonyl (C=O) groups is 1. The van der Waals surface area contributed by atoms with Crippen molar-refractivity contribution in [2.45, 2.75) is 26.3 Å². The Morgan fingerprint density at radius 1 is 1.33 bits per heavy atom. The molecule has 1 aromatic rings. The second kappa shape index (κ2) is 6.44. The molecule has 0 bridgehead atoms. The first kappa shape index (κ1) is 15.1. The Balaban J connectivity index is 2.13. The molecular formula is C15H19FN4O. The highest BCUT2D eigenvalue weighted by atomic mass is 19.1. The van der Waals surface area contributed by atoms with E-state index in [1.165, 1.54) is 22.2 Å². The third-order valence-corrected chi connectivity index (χ3v) is 3.50. The van der Waals surface area contributed by atoms with E-state index in [0.29, 0.717) is 18.8 Å². The van der Waals surface area contributed by atoms with Crippen LogP contribution in [0.3, 0.4) is 0 Å². The third kappa shape index (κ3) is 3.43. The molecule has 1 aromatic carbocycles. The van der Waals surface area contributed by atoms with E-state index < -0.39 is 6.04 Å². The van der Waals surface area contributed by atoms with Gasteiger partial charge in [-0.3, -0.25) is 4.79 Å². The molecule has 0 radical (unpaired) electrons. The van der Waals surface area contributed by atoms with Crippen LogP contribution >= 0.6 is 0 Å². The summed E-state index contributed by atoms with van der Waals surface area (Å²) in [4.78, 5) is 12.6. The zero-order valence-electron chi connectivity index (χ0n) is 12.2. The van der Waals surface area contributed by atoms with Crippen molar-refractivity contribution >= 4 is 11.6 Å². The lowest BCUT2D eigenvalue weighted by molar-refractivity contribution is -0.141. The van der Waals surface area contributed by atoms with Crippen molar-refractivity contribution in [2.75, 3.05) is 18.4 Å². The Kier molecular flexibility index (Phi) is 4.63. The molecule has 1 saturated heterocycles. The number of nitrogens with zero attached hydrogens (tertiary/aromatic N) is 3. The fraction of sp³-hybridized carbons (Fsp3) is 0.467. The van der Waals surface area contributed by atoms with Crippen molar-refractivity contribution in [3.8, 4) is 6.19 Å². The van der Waals surface area contributed by atoms with Gasteiger partial charge in [-0.15, -0.1) is 0 Å². The van der Waals surface area contributed by atoms with Gasteiger partial charge in [0.25, 0.3) is 5.91 Å². The smallest absolute Gasteiger partial charge is 0.264 e. The number of hydrazine groups is 1. The van der Waals surface area contributed by atoms with Crippen LogP contribution in [-0.2, 0) is 4.79 Å². The summed E-state index contributed by atoms with van der Waals surface area (Å²) in [5.74, 6) is -0.403. The Bertz CT molecular complexity index is 538. The predicted octanol–water partition coefficient (Wildman–Crippen LogP) is 2.19. The molecule has 1 heterocycles. The van der Waals surface area contributed by atoms with Crippen LogP contribution in [0.2, 0.25) is 0 Å². The SMILES string of the molecule is CC(C)C(Nc1ccc(F)cc1)C(=O)N1CCCN1C#N. The van der Waals surface area contributed by atoms with E-state index >= 15 is 0 Å². The maximum atomic E-state index is 12.9. The summed E-state index contributed by atoms with van der Waals surface area (Å²) in [5.41, 5.74) is 0.686. The lowest BCUT2D eigenvalue weighted by atomic mass is 10.0. The number of nitrogens with one attached hydrogen (secondary N) is 1. The number of rotatable bonds is 4. The van der Waals surface area contributed by atoms with Crippen LogP contribution in [0.25, 0.3) is 0 Å². The molecule has 1 atom stereocenters. The first-order chi connectivity index (χ1) is 10.0. The molecule has 1 unspecified atom stereocenters. The molecular weight excluding hydrogens is 271 g/mol. The van der Waals surface area contributed by atoms with Crippen LogP contribution in [0.15, 0.2) is 24.3 Å². The zero-order valence-corrected chi connectivity index (χ0v) is 12.2. The summed E-state index contributed by atoms with van der Waals surface area (Å²) < 4.78 is 12.9. The van der Waals surface area contributed by atoms with Gasteiger partial charge in [0.2, 0.25) is 0 Å². The summed E-state index contributed by atoms with van der Waals surface area (Å²) in [7, 11) is 0. The second-order valence-electron chi connectivity index (χ2n) is 5.41. The number of amides is 1. The van der Waals surface area contributed by atoms with Crippen molar-refractivity contribution in [1.29, 1.82) is 5.26 Å². The highest BCUT2D eigenvalue weighted by Crippen LogP contribution is 2.18. The van der Waals surface area contributed by atoms with Crippen molar-refractivity contribution in [3.63, 3.8) is 0 Å². The molecule has 1 amide bonds. The van der Waals surface area contributed by atoms with Gasteiger partial charge in [-0.25, -0.2) is 14.4 Å². The normalized spacial score (nSPS) is 16.0. The van der Waals surface area contributed by atoms with Gasteiger partial charge in [0.15, 0.2) is 6.19 Å². The number of hydrogen-bond donors (Lipinski definition) is 1. The van der Waals surface area contributed by atoms with Gasteiger partial charge in [0, 0.05) is 12.2 Å². The summed E-state index contributed by atoms with van der Waals surface area (Å²) in [6, 6.07) is 5.45. The van der Waals surface area contributed by atoms with Crippen molar-refractivity contribution in [2.24, 2.45) is 5.92 Å². The molecule has 1 fully saturated rings. The molecule has 6 heteroatoms. The number of benzene rings is 1. The van der Waals surface area contributed by atoms with Crippen LogP contribution in [0.4, 0.5) is 10.1 Å². The molecule has 112 valence electrons. The number of carbonyl (C=O) groups excluding carboxylic acids is 1. The van der Waals surface area contributed by atoms with E-state index in [-0.39, 0.29) is 17.6 Å². The maximum Gasteiger partial charge on any atom is 0.264 e. The average molecular weight is 290 g/mol. The molecule has 0 aliphatic carbocycles. The van der Waals surface area contributed by atoms with Gasteiger partial charge in [-0.05, 0) is 36.6 Å². The van der Waals surface area contributed by atoms with Crippen LogP contribution in [0.5, 0.6) is 0 Å². The Morgan fingerprint density at radius 3 is 2.57 bits per heavy atom. The van der Waals surface area contributed by atoms with E-state index in [2.05, 4.69) is 5.32 Å². The van der Waals surface area contributed by atoms with Crippen LogP contribution in [0, 0.1) is 23.2 Å². The second-order valence-corrected chi connectivity index (χ2v) is 5.41. The van der Waals surface area contributed by atoms with Crippen LogP contribution in [-0.4, -0.2) is 35.1 Å². The van der Waals surface area contributed by atoms with Gasteiger partial charge in [-0.2, -0.15) is 5.26 Å². The highest BCUT2D eigenvalue weighted by molar-refractivity contribution is 5.85. The molecule has 0 aromatic heterocycles. The topological polar surface area (TPSA) is 59.4 Å². The maximum absolute atomic E-state index is 12.9. The highest BCUT2D eigenvalue weighted by Gasteiger charge is 2.33. The van der Waals surface area contributed by atoms with Crippen molar-refractivity contribution in [1.82, 2.24) is 10.0 Å². The van der Waals surface area contributed by atoms with E-state index in [1.54, 1.807) is 12.1 Å². The quantitative estimate of drug-likeness (QED) is 0.864.